The second-order valence-corrected chi connectivity index (χ2v) is 9.67. The van der Waals surface area contributed by atoms with Gasteiger partial charge < -0.3 is 9.47 Å². The SMILES string of the molecule is CC(C)(C)OC(=O)C[C@@]1(Cc2ccccc2)C(=O)O[C@H](c2ccccc2)N1C(=O)c1ccccc1. The fourth-order valence-corrected chi connectivity index (χ4v) is 4.37. The van der Waals surface area contributed by atoms with Gasteiger partial charge in [0.15, 0.2) is 5.54 Å². The van der Waals surface area contributed by atoms with Gasteiger partial charge in [0.2, 0.25) is 6.23 Å². The first kappa shape index (κ1) is 24.2. The van der Waals surface area contributed by atoms with Crippen LogP contribution in [0.25, 0.3) is 0 Å². The maximum atomic E-state index is 14.0. The number of benzene rings is 3. The van der Waals surface area contributed by atoms with Crippen LogP contribution in [-0.2, 0) is 25.5 Å². The number of nitrogens with zero attached hydrogens (tertiary/aromatic N) is 1. The molecule has 0 N–H and O–H groups in total. The average Bonchev–Trinajstić information content (AvgIpc) is 3.10. The van der Waals surface area contributed by atoms with Gasteiger partial charge in [0.05, 0.1) is 6.42 Å². The minimum absolute atomic E-state index is 0.105. The molecular formula is C29H29NO5. The normalized spacial score (nSPS) is 19.8. The van der Waals surface area contributed by atoms with Crippen LogP contribution in [-0.4, -0.2) is 33.9 Å². The number of rotatable bonds is 6. The van der Waals surface area contributed by atoms with Gasteiger partial charge in [-0.1, -0.05) is 78.9 Å². The van der Waals surface area contributed by atoms with E-state index in [1.165, 1.54) is 4.90 Å². The third-order valence-corrected chi connectivity index (χ3v) is 5.81. The summed E-state index contributed by atoms with van der Waals surface area (Å²) in [5.74, 6) is -1.61. The molecule has 1 heterocycles. The molecule has 6 heteroatoms. The van der Waals surface area contributed by atoms with Crippen molar-refractivity contribution in [2.24, 2.45) is 0 Å². The van der Waals surface area contributed by atoms with Crippen LogP contribution >= 0.6 is 0 Å². The van der Waals surface area contributed by atoms with Crippen molar-refractivity contribution in [3.63, 3.8) is 0 Å². The van der Waals surface area contributed by atoms with Crippen LogP contribution in [0.5, 0.6) is 0 Å². The van der Waals surface area contributed by atoms with Gasteiger partial charge in [-0.2, -0.15) is 0 Å². The largest absolute Gasteiger partial charge is 0.460 e. The van der Waals surface area contributed by atoms with Crippen molar-refractivity contribution < 1.29 is 23.9 Å². The Bertz CT molecular complexity index is 1190. The Balaban J connectivity index is 1.86. The molecule has 0 aliphatic carbocycles. The third-order valence-electron chi connectivity index (χ3n) is 5.81. The van der Waals surface area contributed by atoms with Crippen LogP contribution in [0.1, 0.15) is 54.9 Å². The Hall–Kier alpha value is -3.93. The zero-order chi connectivity index (χ0) is 25.1. The Labute approximate surface area is 205 Å². The molecule has 0 saturated carbocycles. The van der Waals surface area contributed by atoms with Crippen LogP contribution < -0.4 is 0 Å². The maximum Gasteiger partial charge on any atom is 0.335 e. The van der Waals surface area contributed by atoms with Gasteiger partial charge in [-0.05, 0) is 38.5 Å². The van der Waals surface area contributed by atoms with Crippen molar-refractivity contribution in [2.75, 3.05) is 0 Å². The first-order chi connectivity index (χ1) is 16.7. The minimum atomic E-state index is -1.59. The van der Waals surface area contributed by atoms with E-state index in [9.17, 15) is 14.4 Å². The fourth-order valence-electron chi connectivity index (χ4n) is 4.37. The van der Waals surface area contributed by atoms with Crippen molar-refractivity contribution in [3.05, 3.63) is 108 Å². The fraction of sp³-hybridized carbons (Fsp3) is 0.276. The highest BCUT2D eigenvalue weighted by Gasteiger charge is 2.59. The lowest BCUT2D eigenvalue weighted by Crippen LogP contribution is -2.55. The zero-order valence-electron chi connectivity index (χ0n) is 20.1. The molecule has 4 rings (SSSR count). The quantitative estimate of drug-likeness (QED) is 0.468. The number of hydrogen-bond acceptors (Lipinski definition) is 5. The topological polar surface area (TPSA) is 72.9 Å². The van der Waals surface area contributed by atoms with Gasteiger partial charge in [-0.25, -0.2) is 4.79 Å². The third kappa shape index (κ3) is 5.27. The first-order valence-corrected chi connectivity index (χ1v) is 11.6. The first-order valence-electron chi connectivity index (χ1n) is 11.6. The zero-order valence-corrected chi connectivity index (χ0v) is 20.1. The Morgan fingerprint density at radius 2 is 1.43 bits per heavy atom. The van der Waals surface area contributed by atoms with Crippen LogP contribution in [0.2, 0.25) is 0 Å². The molecule has 2 atom stereocenters. The monoisotopic (exact) mass is 471 g/mol. The van der Waals surface area contributed by atoms with E-state index in [0.717, 1.165) is 5.56 Å². The van der Waals surface area contributed by atoms with Crippen molar-refractivity contribution in [2.45, 2.75) is 51.0 Å². The van der Waals surface area contributed by atoms with Gasteiger partial charge in [0.1, 0.15) is 5.60 Å². The molecule has 1 saturated heterocycles. The second-order valence-electron chi connectivity index (χ2n) is 9.67. The number of amides is 1. The van der Waals surface area contributed by atoms with Crippen molar-refractivity contribution in [1.29, 1.82) is 0 Å². The molecule has 1 fully saturated rings. The molecule has 3 aromatic rings. The lowest BCUT2D eigenvalue weighted by atomic mass is 9.85. The molecule has 0 spiro atoms. The molecule has 0 bridgehead atoms. The molecular weight excluding hydrogens is 442 g/mol. The van der Waals surface area contributed by atoms with E-state index < -0.39 is 35.2 Å². The van der Waals surface area contributed by atoms with Crippen molar-refractivity contribution in [1.82, 2.24) is 4.90 Å². The summed E-state index contributed by atoms with van der Waals surface area (Å²) < 4.78 is 11.5. The van der Waals surface area contributed by atoms with Gasteiger partial charge in [-0.3, -0.25) is 14.5 Å². The van der Waals surface area contributed by atoms with Gasteiger partial charge in [0.25, 0.3) is 5.91 Å². The number of esters is 2. The van der Waals surface area contributed by atoms with Crippen LogP contribution in [0.4, 0.5) is 0 Å². The van der Waals surface area contributed by atoms with Gasteiger partial charge in [-0.15, -0.1) is 0 Å². The Morgan fingerprint density at radius 1 is 0.886 bits per heavy atom. The maximum absolute atomic E-state index is 14.0. The molecule has 1 amide bonds. The minimum Gasteiger partial charge on any atom is -0.460 e. The predicted octanol–water partition coefficient (Wildman–Crippen LogP) is 5.10. The van der Waals surface area contributed by atoms with E-state index in [-0.39, 0.29) is 12.8 Å². The van der Waals surface area contributed by atoms with Gasteiger partial charge in [0, 0.05) is 17.5 Å². The van der Waals surface area contributed by atoms with E-state index in [1.807, 2.05) is 54.6 Å². The van der Waals surface area contributed by atoms with Crippen LogP contribution in [0.3, 0.4) is 0 Å². The molecule has 180 valence electrons. The summed E-state index contributed by atoms with van der Waals surface area (Å²) in [6.45, 7) is 5.30. The van der Waals surface area contributed by atoms with Gasteiger partial charge >= 0.3 is 11.9 Å². The highest BCUT2D eigenvalue weighted by molar-refractivity contribution is 6.01. The molecule has 1 aliphatic rings. The van der Waals surface area contributed by atoms with Crippen molar-refractivity contribution in [3.8, 4) is 0 Å². The summed E-state index contributed by atoms with van der Waals surface area (Å²) in [6.07, 6.45) is -1.21. The summed E-state index contributed by atoms with van der Waals surface area (Å²) >= 11 is 0. The lowest BCUT2D eigenvalue weighted by Gasteiger charge is -2.36. The van der Waals surface area contributed by atoms with E-state index in [2.05, 4.69) is 0 Å². The standard InChI is InChI=1S/C29H29NO5/c1-28(2,3)35-24(31)20-29(19-21-13-7-4-8-14-21)27(33)34-26(23-17-11-6-12-18-23)30(29)25(32)22-15-9-5-10-16-22/h4-18,26H,19-20H2,1-3H3/t26-,29+/m1/s1. The predicted molar refractivity (Wildman–Crippen MR) is 131 cm³/mol. The van der Waals surface area contributed by atoms with E-state index in [0.29, 0.717) is 11.1 Å². The number of hydrogen-bond donors (Lipinski definition) is 0. The Morgan fingerprint density at radius 3 is 2.00 bits per heavy atom. The number of carbonyl (C=O) groups excluding carboxylic acids is 3. The van der Waals surface area contributed by atoms with E-state index in [1.54, 1.807) is 57.2 Å². The molecule has 0 unspecified atom stereocenters. The molecule has 3 aromatic carbocycles. The highest BCUT2D eigenvalue weighted by atomic mass is 16.6. The van der Waals surface area contributed by atoms with E-state index >= 15 is 0 Å². The summed E-state index contributed by atoms with van der Waals surface area (Å²) in [5.41, 5.74) is -0.497. The Kier molecular flexibility index (Phi) is 6.74. The second kappa shape index (κ2) is 9.74. The highest BCUT2D eigenvalue weighted by Crippen LogP contribution is 2.43. The van der Waals surface area contributed by atoms with E-state index in [4.69, 9.17) is 9.47 Å². The average molecular weight is 472 g/mol. The number of carbonyl (C=O) groups is 3. The molecule has 0 aromatic heterocycles. The van der Waals surface area contributed by atoms with Crippen LogP contribution in [0.15, 0.2) is 91.0 Å². The molecule has 0 radical (unpaired) electrons. The van der Waals surface area contributed by atoms with Crippen molar-refractivity contribution >= 4 is 17.8 Å². The molecule has 6 nitrogen and oxygen atoms in total. The number of cyclic esters (lactones) is 1. The smallest absolute Gasteiger partial charge is 0.335 e. The summed E-state index contributed by atoms with van der Waals surface area (Å²) in [7, 11) is 0. The summed E-state index contributed by atoms with van der Waals surface area (Å²) in [6, 6.07) is 27.1. The molecule has 35 heavy (non-hydrogen) atoms. The summed E-state index contributed by atoms with van der Waals surface area (Å²) in [5, 5.41) is 0. The lowest BCUT2D eigenvalue weighted by molar-refractivity contribution is -0.160. The molecule has 1 aliphatic heterocycles. The summed E-state index contributed by atoms with van der Waals surface area (Å²) in [4.78, 5) is 42.3. The number of ether oxygens (including phenoxy) is 2. The van der Waals surface area contributed by atoms with Crippen LogP contribution in [0, 0.1) is 0 Å².